The van der Waals surface area contributed by atoms with Crippen molar-refractivity contribution in [1.29, 1.82) is 0 Å². The van der Waals surface area contributed by atoms with E-state index in [9.17, 15) is 0 Å². The Morgan fingerprint density at radius 3 is 2.73 bits per heavy atom. The summed E-state index contributed by atoms with van der Waals surface area (Å²) in [5.41, 5.74) is 3.95. The molecule has 1 heterocycles. The van der Waals surface area contributed by atoms with E-state index in [1.807, 2.05) is 0 Å². The number of benzene rings is 1. The zero-order valence-corrected chi connectivity index (χ0v) is 9.92. The van der Waals surface area contributed by atoms with Crippen LogP contribution in [0.1, 0.15) is 36.6 Å². The molecule has 0 fully saturated rings. The van der Waals surface area contributed by atoms with Crippen molar-refractivity contribution in [2.75, 3.05) is 6.61 Å². The third-order valence-electron chi connectivity index (χ3n) is 2.78. The maximum atomic E-state index is 5.71. The van der Waals surface area contributed by atoms with Crippen LogP contribution in [0.5, 0.6) is 5.75 Å². The van der Waals surface area contributed by atoms with E-state index in [1.165, 1.54) is 16.7 Å². The van der Waals surface area contributed by atoms with E-state index in [2.05, 4.69) is 45.1 Å². The van der Waals surface area contributed by atoms with Gasteiger partial charge in [0, 0.05) is 11.6 Å². The van der Waals surface area contributed by atoms with E-state index in [0.717, 1.165) is 12.4 Å². The highest BCUT2D eigenvalue weighted by Gasteiger charge is 2.26. The molecule has 1 atom stereocenters. The predicted octanol–water partition coefficient (Wildman–Crippen LogP) is 2.73. The first-order valence-electron chi connectivity index (χ1n) is 5.58. The summed E-state index contributed by atoms with van der Waals surface area (Å²) in [7, 11) is 0. The Morgan fingerprint density at radius 2 is 2.07 bits per heavy atom. The summed E-state index contributed by atoms with van der Waals surface area (Å²) in [4.78, 5) is 0. The van der Waals surface area contributed by atoms with Crippen LogP contribution in [-0.4, -0.2) is 12.6 Å². The molecule has 0 saturated heterocycles. The lowest BCUT2D eigenvalue weighted by Gasteiger charge is -2.16. The molecule has 15 heavy (non-hydrogen) atoms. The number of rotatable bonds is 2. The number of hydrogen-bond donors (Lipinski definition) is 1. The SMILES string of the molecule is Cc1cc(C)c2c(c1)OCC2NC(C)C. The Labute approximate surface area is 91.6 Å². The van der Waals surface area contributed by atoms with E-state index in [4.69, 9.17) is 4.74 Å². The van der Waals surface area contributed by atoms with E-state index in [1.54, 1.807) is 0 Å². The molecule has 0 spiro atoms. The summed E-state index contributed by atoms with van der Waals surface area (Å²) < 4.78 is 5.71. The second-order valence-corrected chi connectivity index (χ2v) is 4.68. The van der Waals surface area contributed by atoms with E-state index >= 15 is 0 Å². The second-order valence-electron chi connectivity index (χ2n) is 4.68. The van der Waals surface area contributed by atoms with Crippen LogP contribution >= 0.6 is 0 Å². The van der Waals surface area contributed by atoms with Gasteiger partial charge in [-0.25, -0.2) is 0 Å². The molecule has 2 nitrogen and oxygen atoms in total. The number of hydrogen-bond acceptors (Lipinski definition) is 2. The highest BCUT2D eigenvalue weighted by molar-refractivity contribution is 5.47. The van der Waals surface area contributed by atoms with Gasteiger partial charge in [0.25, 0.3) is 0 Å². The standard InChI is InChI=1S/C13H19NO/c1-8(2)14-11-7-15-12-6-9(3)5-10(4)13(11)12/h5-6,8,11,14H,7H2,1-4H3. The van der Waals surface area contributed by atoms with Crippen LogP contribution in [0, 0.1) is 13.8 Å². The Morgan fingerprint density at radius 1 is 1.33 bits per heavy atom. The van der Waals surface area contributed by atoms with Crippen molar-refractivity contribution in [2.45, 2.75) is 39.8 Å². The molecule has 0 bridgehead atoms. The maximum Gasteiger partial charge on any atom is 0.124 e. The molecule has 1 aliphatic rings. The molecule has 1 N–H and O–H groups in total. The van der Waals surface area contributed by atoms with Crippen LogP contribution in [0.25, 0.3) is 0 Å². The Hall–Kier alpha value is -1.02. The Kier molecular flexibility index (Phi) is 2.70. The first-order chi connectivity index (χ1) is 7.08. The minimum atomic E-state index is 0.362. The predicted molar refractivity (Wildman–Crippen MR) is 62.4 cm³/mol. The quantitative estimate of drug-likeness (QED) is 0.801. The van der Waals surface area contributed by atoms with Gasteiger partial charge in [0.2, 0.25) is 0 Å². The third kappa shape index (κ3) is 2.00. The van der Waals surface area contributed by atoms with Gasteiger partial charge in [-0.15, -0.1) is 0 Å². The average molecular weight is 205 g/mol. The van der Waals surface area contributed by atoms with E-state index in [-0.39, 0.29) is 0 Å². The smallest absolute Gasteiger partial charge is 0.124 e. The summed E-state index contributed by atoms with van der Waals surface area (Å²) in [6, 6.07) is 5.21. The first-order valence-corrected chi connectivity index (χ1v) is 5.58. The van der Waals surface area contributed by atoms with Gasteiger partial charge in [0.1, 0.15) is 12.4 Å². The van der Waals surface area contributed by atoms with Crippen molar-refractivity contribution >= 4 is 0 Å². The summed E-state index contributed by atoms with van der Waals surface area (Å²) in [6.07, 6.45) is 0. The zero-order chi connectivity index (χ0) is 11.0. The van der Waals surface area contributed by atoms with Crippen molar-refractivity contribution in [2.24, 2.45) is 0 Å². The first kappa shape index (κ1) is 10.5. The van der Waals surface area contributed by atoms with E-state index < -0.39 is 0 Å². The molecular weight excluding hydrogens is 186 g/mol. The van der Waals surface area contributed by atoms with Crippen LogP contribution in [0.3, 0.4) is 0 Å². The topological polar surface area (TPSA) is 21.3 Å². The largest absolute Gasteiger partial charge is 0.491 e. The number of aryl methyl sites for hydroxylation is 2. The second kappa shape index (κ2) is 3.86. The monoisotopic (exact) mass is 205 g/mol. The Bertz CT molecular complexity index is 371. The molecule has 0 saturated carbocycles. The van der Waals surface area contributed by atoms with Crippen LogP contribution in [-0.2, 0) is 0 Å². The van der Waals surface area contributed by atoms with Crippen molar-refractivity contribution in [1.82, 2.24) is 5.32 Å². The zero-order valence-electron chi connectivity index (χ0n) is 9.92. The van der Waals surface area contributed by atoms with Crippen LogP contribution in [0.2, 0.25) is 0 Å². The van der Waals surface area contributed by atoms with Crippen LogP contribution < -0.4 is 10.1 Å². The van der Waals surface area contributed by atoms with Gasteiger partial charge in [-0.3, -0.25) is 0 Å². The minimum absolute atomic E-state index is 0.362. The molecule has 2 rings (SSSR count). The van der Waals surface area contributed by atoms with E-state index in [0.29, 0.717) is 12.1 Å². The Balaban J connectivity index is 2.33. The summed E-state index contributed by atoms with van der Waals surface area (Å²) in [6.45, 7) is 9.37. The molecule has 0 amide bonds. The molecule has 1 aromatic carbocycles. The number of ether oxygens (including phenoxy) is 1. The molecule has 1 aromatic rings. The van der Waals surface area contributed by atoms with Crippen molar-refractivity contribution in [3.05, 3.63) is 28.8 Å². The van der Waals surface area contributed by atoms with Crippen LogP contribution in [0.4, 0.5) is 0 Å². The third-order valence-corrected chi connectivity index (χ3v) is 2.78. The average Bonchev–Trinajstić information content (AvgIpc) is 2.46. The molecule has 2 heteroatoms. The number of fused-ring (bicyclic) bond motifs is 1. The maximum absolute atomic E-state index is 5.71. The van der Waals surface area contributed by atoms with Gasteiger partial charge in [-0.05, 0) is 31.0 Å². The van der Waals surface area contributed by atoms with Crippen LogP contribution in [0.15, 0.2) is 12.1 Å². The lowest BCUT2D eigenvalue weighted by molar-refractivity contribution is 0.303. The molecule has 1 aliphatic heterocycles. The summed E-state index contributed by atoms with van der Waals surface area (Å²) in [5, 5.41) is 3.53. The molecule has 0 aromatic heterocycles. The molecule has 1 unspecified atom stereocenters. The highest BCUT2D eigenvalue weighted by atomic mass is 16.5. The van der Waals surface area contributed by atoms with Gasteiger partial charge in [-0.2, -0.15) is 0 Å². The van der Waals surface area contributed by atoms with Gasteiger partial charge in [0.15, 0.2) is 0 Å². The fourth-order valence-electron chi connectivity index (χ4n) is 2.30. The lowest BCUT2D eigenvalue weighted by Crippen LogP contribution is -2.29. The minimum Gasteiger partial charge on any atom is -0.491 e. The lowest BCUT2D eigenvalue weighted by atomic mass is 10.00. The van der Waals surface area contributed by atoms with Crippen molar-refractivity contribution in [3.8, 4) is 5.75 Å². The van der Waals surface area contributed by atoms with Gasteiger partial charge in [-0.1, -0.05) is 19.9 Å². The number of nitrogens with one attached hydrogen (secondary N) is 1. The molecule has 0 radical (unpaired) electrons. The summed E-state index contributed by atoms with van der Waals surface area (Å²) in [5.74, 6) is 1.06. The van der Waals surface area contributed by atoms with Gasteiger partial charge >= 0.3 is 0 Å². The normalized spacial score (nSPS) is 19.1. The fraction of sp³-hybridized carbons (Fsp3) is 0.538. The fourth-order valence-corrected chi connectivity index (χ4v) is 2.30. The molecule has 82 valence electrons. The molecular formula is C13H19NO. The van der Waals surface area contributed by atoms with Crippen molar-refractivity contribution < 1.29 is 4.74 Å². The summed E-state index contributed by atoms with van der Waals surface area (Å²) >= 11 is 0. The van der Waals surface area contributed by atoms with Crippen molar-refractivity contribution in [3.63, 3.8) is 0 Å². The molecule has 0 aliphatic carbocycles. The van der Waals surface area contributed by atoms with Gasteiger partial charge in [0.05, 0.1) is 6.04 Å². The van der Waals surface area contributed by atoms with Gasteiger partial charge < -0.3 is 10.1 Å². The highest BCUT2D eigenvalue weighted by Crippen LogP contribution is 2.35.